The van der Waals surface area contributed by atoms with E-state index in [9.17, 15) is 14.0 Å². The smallest absolute Gasteiger partial charge is 0.255 e. The summed E-state index contributed by atoms with van der Waals surface area (Å²) in [5, 5.41) is 8.93. The third kappa shape index (κ3) is 3.92. The Hall–Kier alpha value is -2.98. The number of carbonyl (C=O) groups is 1. The number of halogens is 1. The first-order valence-corrected chi connectivity index (χ1v) is 7.96. The molecule has 1 aromatic carbocycles. The Morgan fingerprint density at radius 1 is 1.20 bits per heavy atom. The van der Waals surface area contributed by atoms with E-state index in [1.54, 1.807) is 11.0 Å². The van der Waals surface area contributed by atoms with E-state index in [2.05, 4.69) is 9.88 Å². The second-order valence-corrected chi connectivity index (χ2v) is 5.93. The highest BCUT2D eigenvalue weighted by Gasteiger charge is 2.22. The summed E-state index contributed by atoms with van der Waals surface area (Å²) in [4.78, 5) is 29.7. The molecule has 1 amide bonds. The van der Waals surface area contributed by atoms with Crippen LogP contribution in [0.4, 0.5) is 4.39 Å². The summed E-state index contributed by atoms with van der Waals surface area (Å²) in [7, 11) is 0. The van der Waals surface area contributed by atoms with Gasteiger partial charge < -0.3 is 9.88 Å². The zero-order valence-corrected chi connectivity index (χ0v) is 13.5. The van der Waals surface area contributed by atoms with Gasteiger partial charge in [-0.15, -0.1) is 0 Å². The Morgan fingerprint density at radius 3 is 2.60 bits per heavy atom. The van der Waals surface area contributed by atoms with Crippen LogP contribution in [0.15, 0.2) is 41.3 Å². The maximum atomic E-state index is 13.9. The third-order valence-electron chi connectivity index (χ3n) is 4.26. The molecule has 1 N–H and O–H groups in total. The molecular weight excluding hydrogens is 323 g/mol. The molecule has 0 unspecified atom stereocenters. The first-order chi connectivity index (χ1) is 12.1. The summed E-state index contributed by atoms with van der Waals surface area (Å²) in [6.45, 7) is 2.69. The molecule has 6 nitrogen and oxygen atoms in total. The second kappa shape index (κ2) is 7.28. The fraction of sp³-hybridized carbons (Fsp3) is 0.278. The number of aromatic amines is 1. The summed E-state index contributed by atoms with van der Waals surface area (Å²) < 4.78 is 13.9. The molecule has 0 atom stereocenters. The predicted octanol–water partition coefficient (Wildman–Crippen LogP) is 1.34. The number of hydrogen-bond acceptors (Lipinski definition) is 4. The lowest BCUT2D eigenvalue weighted by Gasteiger charge is -2.34. The quantitative estimate of drug-likeness (QED) is 0.914. The fourth-order valence-electron chi connectivity index (χ4n) is 2.84. The van der Waals surface area contributed by atoms with Crippen LogP contribution < -0.4 is 5.56 Å². The summed E-state index contributed by atoms with van der Waals surface area (Å²) in [6.07, 6.45) is 1.42. The highest BCUT2D eigenvalue weighted by atomic mass is 19.1. The van der Waals surface area contributed by atoms with Crippen molar-refractivity contribution in [3.05, 3.63) is 69.4 Å². The van der Waals surface area contributed by atoms with E-state index >= 15 is 0 Å². The molecule has 3 rings (SSSR count). The average molecular weight is 340 g/mol. The lowest BCUT2D eigenvalue weighted by Crippen LogP contribution is -2.48. The third-order valence-corrected chi connectivity index (χ3v) is 4.26. The first-order valence-electron chi connectivity index (χ1n) is 7.96. The van der Waals surface area contributed by atoms with Gasteiger partial charge in [0.15, 0.2) is 0 Å². The van der Waals surface area contributed by atoms with E-state index in [4.69, 9.17) is 5.26 Å². The molecule has 7 heteroatoms. The minimum absolute atomic E-state index is 0.131. The van der Waals surface area contributed by atoms with E-state index in [1.165, 1.54) is 30.5 Å². The maximum Gasteiger partial charge on any atom is 0.255 e. The van der Waals surface area contributed by atoms with Gasteiger partial charge in [0, 0.05) is 50.6 Å². The molecule has 2 aromatic rings. The van der Waals surface area contributed by atoms with Crippen LogP contribution in [0.2, 0.25) is 0 Å². The van der Waals surface area contributed by atoms with Crippen molar-refractivity contribution in [3.8, 4) is 6.07 Å². The number of hydrogen-bond donors (Lipinski definition) is 1. The highest BCUT2D eigenvalue weighted by Crippen LogP contribution is 2.15. The lowest BCUT2D eigenvalue weighted by atomic mass is 10.1. The number of nitriles is 1. The summed E-state index contributed by atoms with van der Waals surface area (Å²) in [5.41, 5.74) is 1.12. The van der Waals surface area contributed by atoms with Gasteiger partial charge in [0.05, 0.1) is 17.2 Å². The number of benzene rings is 1. The van der Waals surface area contributed by atoms with Crippen molar-refractivity contribution >= 4 is 5.91 Å². The van der Waals surface area contributed by atoms with Gasteiger partial charge in [0.2, 0.25) is 5.56 Å². The molecule has 1 aromatic heterocycles. The minimum Gasteiger partial charge on any atom is -0.336 e. The molecule has 0 saturated carbocycles. The van der Waals surface area contributed by atoms with Crippen molar-refractivity contribution in [2.75, 3.05) is 26.2 Å². The summed E-state index contributed by atoms with van der Waals surface area (Å²) >= 11 is 0. The SMILES string of the molecule is N#Cc1ccc(F)c(CN2CCN(C(=O)c3ccc(=O)[nH]c3)CC2)c1. The van der Waals surface area contributed by atoms with E-state index in [0.717, 1.165) is 0 Å². The number of pyridine rings is 1. The number of amides is 1. The largest absolute Gasteiger partial charge is 0.336 e. The van der Waals surface area contributed by atoms with Crippen LogP contribution >= 0.6 is 0 Å². The zero-order chi connectivity index (χ0) is 17.8. The normalized spacial score (nSPS) is 15.0. The van der Waals surface area contributed by atoms with Gasteiger partial charge in [0.1, 0.15) is 5.82 Å². The fourth-order valence-corrected chi connectivity index (χ4v) is 2.84. The van der Waals surface area contributed by atoms with E-state index in [1.807, 2.05) is 6.07 Å². The van der Waals surface area contributed by atoms with Gasteiger partial charge in [-0.05, 0) is 24.3 Å². The molecule has 1 aliphatic heterocycles. The number of carbonyl (C=O) groups excluding carboxylic acids is 1. The Kier molecular flexibility index (Phi) is 4.91. The number of H-pyrrole nitrogens is 1. The molecule has 2 heterocycles. The van der Waals surface area contributed by atoms with Crippen molar-refractivity contribution in [1.29, 1.82) is 5.26 Å². The van der Waals surface area contributed by atoms with Crippen molar-refractivity contribution in [3.63, 3.8) is 0 Å². The molecule has 128 valence electrons. The molecule has 0 radical (unpaired) electrons. The van der Waals surface area contributed by atoms with Crippen molar-refractivity contribution in [2.24, 2.45) is 0 Å². The monoisotopic (exact) mass is 340 g/mol. The molecule has 1 fully saturated rings. The minimum atomic E-state index is -0.328. The van der Waals surface area contributed by atoms with E-state index in [-0.39, 0.29) is 17.3 Å². The Balaban J connectivity index is 1.60. The van der Waals surface area contributed by atoms with Crippen LogP contribution in [0.1, 0.15) is 21.5 Å². The molecule has 0 spiro atoms. The first kappa shape index (κ1) is 16.9. The molecule has 0 aliphatic carbocycles. The van der Waals surface area contributed by atoms with Crippen LogP contribution in [-0.4, -0.2) is 46.9 Å². The lowest BCUT2D eigenvalue weighted by molar-refractivity contribution is 0.0626. The summed E-state index contributed by atoms with van der Waals surface area (Å²) in [5.74, 6) is -0.459. The second-order valence-electron chi connectivity index (χ2n) is 5.93. The topological polar surface area (TPSA) is 80.2 Å². The number of aromatic nitrogens is 1. The van der Waals surface area contributed by atoms with Gasteiger partial charge in [-0.1, -0.05) is 0 Å². The van der Waals surface area contributed by atoms with Crippen LogP contribution in [0, 0.1) is 17.1 Å². The molecule has 1 saturated heterocycles. The maximum absolute atomic E-state index is 13.9. The van der Waals surface area contributed by atoms with Crippen molar-refractivity contribution in [1.82, 2.24) is 14.8 Å². The van der Waals surface area contributed by atoms with Crippen LogP contribution in [0.3, 0.4) is 0 Å². The van der Waals surface area contributed by atoms with Crippen molar-refractivity contribution < 1.29 is 9.18 Å². The Bertz CT molecular complexity index is 859. The van der Waals surface area contributed by atoms with E-state index in [0.29, 0.717) is 49.4 Å². The molecule has 0 bridgehead atoms. The Labute approximate surface area is 144 Å². The number of rotatable bonds is 3. The van der Waals surface area contributed by atoms with Gasteiger partial charge in [-0.2, -0.15) is 5.26 Å². The van der Waals surface area contributed by atoms with Crippen LogP contribution in [0.25, 0.3) is 0 Å². The molecule has 1 aliphatic rings. The number of piperazine rings is 1. The standard InChI is InChI=1S/C18H17FN4O2/c19-16-3-1-13(10-20)9-15(16)12-22-5-7-23(8-6-22)18(25)14-2-4-17(24)21-11-14/h1-4,9,11H,5-8,12H2,(H,21,24). The van der Waals surface area contributed by atoms with Gasteiger partial charge in [-0.3, -0.25) is 14.5 Å². The van der Waals surface area contributed by atoms with Gasteiger partial charge >= 0.3 is 0 Å². The van der Waals surface area contributed by atoms with Gasteiger partial charge in [0.25, 0.3) is 5.91 Å². The van der Waals surface area contributed by atoms with Crippen LogP contribution in [0.5, 0.6) is 0 Å². The highest BCUT2D eigenvalue weighted by molar-refractivity contribution is 5.93. The van der Waals surface area contributed by atoms with Crippen molar-refractivity contribution in [2.45, 2.75) is 6.54 Å². The van der Waals surface area contributed by atoms with E-state index < -0.39 is 0 Å². The zero-order valence-electron chi connectivity index (χ0n) is 13.5. The average Bonchev–Trinajstić information content (AvgIpc) is 2.64. The Morgan fingerprint density at radius 2 is 1.96 bits per heavy atom. The predicted molar refractivity (Wildman–Crippen MR) is 89.4 cm³/mol. The number of nitrogens with one attached hydrogen (secondary N) is 1. The van der Waals surface area contributed by atoms with Crippen LogP contribution in [-0.2, 0) is 6.54 Å². The van der Waals surface area contributed by atoms with Gasteiger partial charge in [-0.25, -0.2) is 4.39 Å². The number of nitrogens with zero attached hydrogens (tertiary/aromatic N) is 3. The summed E-state index contributed by atoms with van der Waals surface area (Å²) in [6, 6.07) is 9.18. The molecular formula is C18H17FN4O2. The molecule has 25 heavy (non-hydrogen) atoms.